The number of hydrogen-bond donors (Lipinski definition) is 0. The molecule has 0 nitrogen and oxygen atoms in total. The molecule has 0 unspecified atom stereocenters. The van der Waals surface area contributed by atoms with Crippen LogP contribution in [0.3, 0.4) is 0 Å². The number of hydrogen-bond acceptors (Lipinski definition) is 0. The second-order valence-corrected chi connectivity index (χ2v) is 20.4. The number of fused-ring (bicyclic) bond motifs is 3. The van der Waals surface area contributed by atoms with Crippen molar-refractivity contribution in [2.45, 2.75) is 68.6 Å². The molecule has 2 aliphatic carbocycles. The second-order valence-electron chi connectivity index (χ2n) is 14.1. The Morgan fingerprint density at radius 2 is 1.24 bits per heavy atom. The molecule has 2 aliphatic rings. The Bertz CT molecular complexity index is 1820. The van der Waals surface area contributed by atoms with Crippen LogP contribution in [0.1, 0.15) is 80.5 Å². The number of allylic oxidation sites excluding steroid dienone is 4. The minimum absolute atomic E-state index is 0. The Morgan fingerprint density at radius 3 is 1.85 bits per heavy atom. The molecule has 0 spiro atoms. The Morgan fingerprint density at radius 1 is 0.630 bits per heavy atom. The summed E-state index contributed by atoms with van der Waals surface area (Å²) in [5.41, 5.74) is 8.95. The van der Waals surface area contributed by atoms with Crippen molar-refractivity contribution >= 4 is 6.48 Å². The maximum absolute atomic E-state index is 14.1. The summed E-state index contributed by atoms with van der Waals surface area (Å²) in [6, 6.07) is 27.9. The van der Waals surface area contributed by atoms with Gasteiger partial charge in [0.25, 0.3) is 0 Å². The quantitative estimate of drug-likeness (QED) is 0.258. The van der Waals surface area contributed by atoms with Crippen molar-refractivity contribution in [3.63, 3.8) is 0 Å². The normalized spacial score (nSPS) is 14.3. The third kappa shape index (κ3) is 7.15. The van der Waals surface area contributed by atoms with E-state index in [9.17, 15) is 13.2 Å². The van der Waals surface area contributed by atoms with Gasteiger partial charge in [0, 0.05) is 0 Å². The SMILES string of the molecule is CC(C)(C)c1ccc2c(c1)-c1cc(C(C)(C)C)c[c]([Zr+2](=[C](c3ccccc3)c3cccc(C(F)(F)F)c3)[CH]3C=CC=C3)c1C2.[Cl-].[Cl-]. The Hall–Kier alpha value is -2.52. The molecule has 4 aromatic carbocycles. The molecule has 4 aromatic rings. The summed E-state index contributed by atoms with van der Waals surface area (Å²) in [6.45, 7) is 13.5. The Labute approximate surface area is 291 Å². The molecule has 46 heavy (non-hydrogen) atoms. The van der Waals surface area contributed by atoms with Gasteiger partial charge in [-0.15, -0.1) is 0 Å². The number of alkyl halides is 3. The molecule has 6 heteroatoms. The second kappa shape index (κ2) is 13.5. The fraction of sp³-hybridized carbons (Fsp3) is 0.275. The van der Waals surface area contributed by atoms with E-state index in [4.69, 9.17) is 0 Å². The summed E-state index contributed by atoms with van der Waals surface area (Å²) < 4.78 is 44.9. The minimum atomic E-state index is -4.41. The van der Waals surface area contributed by atoms with E-state index in [0.717, 1.165) is 15.2 Å². The summed E-state index contributed by atoms with van der Waals surface area (Å²) >= 11 is -3.08. The zero-order chi connectivity index (χ0) is 31.4. The molecule has 0 aromatic heterocycles. The van der Waals surface area contributed by atoms with E-state index < -0.39 is 33.0 Å². The van der Waals surface area contributed by atoms with Crippen molar-refractivity contribution in [3.05, 3.63) is 148 Å². The first kappa shape index (κ1) is 36.3. The molecular formula is C40H39Cl2F3Zr. The van der Waals surface area contributed by atoms with Crippen molar-refractivity contribution in [2.75, 3.05) is 0 Å². The molecule has 0 fully saturated rings. The molecule has 0 bridgehead atoms. The fourth-order valence-electron chi connectivity index (χ4n) is 6.45. The molecule has 0 saturated carbocycles. The van der Waals surface area contributed by atoms with Gasteiger partial charge in [0.05, 0.1) is 0 Å². The van der Waals surface area contributed by atoms with Gasteiger partial charge in [-0.05, 0) is 0 Å². The third-order valence-corrected chi connectivity index (χ3v) is 16.8. The summed E-state index contributed by atoms with van der Waals surface area (Å²) in [6.07, 6.45) is 5.22. The third-order valence-electron chi connectivity index (χ3n) is 8.93. The molecule has 0 heterocycles. The predicted molar refractivity (Wildman–Crippen MR) is 175 cm³/mol. The van der Waals surface area contributed by atoms with Crippen molar-refractivity contribution in [2.24, 2.45) is 0 Å². The molecule has 6 rings (SSSR count). The smallest absolute Gasteiger partial charge is 1.00 e. The maximum Gasteiger partial charge on any atom is -1.00 e. The van der Waals surface area contributed by atoms with E-state index >= 15 is 0 Å². The maximum atomic E-state index is 14.1. The standard InChI is InChI=1S/C21H25.C14H9F3.C5H5.2ClH.Zr/c1-20(2,3)16-9-7-14-11-15-8-10-17(21(4,5)6)13-19(15)18(14)12-16;15-14(16,17)13-8-4-7-12(10-13)9-11-5-2-1-3-6-11;1-2-4-5-3-1;;;/h7,9-10,12-13H,11H2,1-6H3;1-8,10H;1-5H;2*1H;/q;;;;;+2/p-2. The minimum Gasteiger partial charge on any atom is -1.00 e. The fourth-order valence-corrected chi connectivity index (χ4v) is 14.7. The average Bonchev–Trinajstić information content (AvgIpc) is 3.63. The molecule has 0 N–H and O–H groups in total. The first-order valence-electron chi connectivity index (χ1n) is 15.4. The van der Waals surface area contributed by atoms with Crippen LogP contribution < -0.4 is 28.1 Å². The topological polar surface area (TPSA) is 0 Å². The van der Waals surface area contributed by atoms with Crippen molar-refractivity contribution in [1.82, 2.24) is 0 Å². The van der Waals surface area contributed by atoms with Crippen LogP contribution in [0.2, 0.25) is 3.63 Å². The first-order chi connectivity index (χ1) is 20.7. The number of benzene rings is 4. The predicted octanol–water partition coefficient (Wildman–Crippen LogP) is 4.31. The van der Waals surface area contributed by atoms with Crippen LogP contribution in [0.15, 0.2) is 109 Å². The molecule has 238 valence electrons. The van der Waals surface area contributed by atoms with Gasteiger partial charge in [-0.3, -0.25) is 0 Å². The van der Waals surface area contributed by atoms with Gasteiger partial charge in [0.15, 0.2) is 0 Å². The first-order valence-corrected chi connectivity index (χ1v) is 19.2. The van der Waals surface area contributed by atoms with Crippen molar-refractivity contribution in [1.29, 1.82) is 0 Å². The molecule has 0 atom stereocenters. The van der Waals surface area contributed by atoms with Crippen LogP contribution in [-0.4, -0.2) is 3.21 Å². The Kier molecular flexibility index (Phi) is 10.7. The Balaban J connectivity index is 0.00000240. The van der Waals surface area contributed by atoms with E-state index in [0.29, 0.717) is 5.56 Å². The number of halogens is 5. The van der Waals surface area contributed by atoms with Gasteiger partial charge in [-0.25, -0.2) is 0 Å². The van der Waals surface area contributed by atoms with E-state index in [-0.39, 0.29) is 39.3 Å². The van der Waals surface area contributed by atoms with Gasteiger partial charge in [0.1, 0.15) is 0 Å². The van der Waals surface area contributed by atoms with Crippen LogP contribution in [0.5, 0.6) is 0 Å². The van der Waals surface area contributed by atoms with E-state index in [1.807, 2.05) is 24.3 Å². The van der Waals surface area contributed by atoms with Crippen molar-refractivity contribution in [3.8, 4) is 11.1 Å². The largest absolute Gasteiger partial charge is 1.00 e. The summed E-state index contributed by atoms with van der Waals surface area (Å²) in [5, 5.41) is 0. The zero-order valence-electron chi connectivity index (χ0n) is 27.1. The van der Waals surface area contributed by atoms with Gasteiger partial charge >= 0.3 is 269 Å². The van der Waals surface area contributed by atoms with E-state index in [1.54, 1.807) is 6.07 Å². The van der Waals surface area contributed by atoms with Gasteiger partial charge in [0.2, 0.25) is 0 Å². The summed E-state index contributed by atoms with van der Waals surface area (Å²) in [7, 11) is 0. The summed E-state index contributed by atoms with van der Waals surface area (Å²) in [4.78, 5) is 0. The van der Waals surface area contributed by atoms with Gasteiger partial charge in [-0.2, -0.15) is 0 Å². The molecule has 0 saturated heterocycles. The van der Waals surface area contributed by atoms with Crippen LogP contribution in [0, 0.1) is 0 Å². The molecule has 0 amide bonds. The van der Waals surface area contributed by atoms with Gasteiger partial charge < -0.3 is 24.8 Å². The van der Waals surface area contributed by atoms with Crippen molar-refractivity contribution < 1.29 is 59.3 Å². The summed E-state index contributed by atoms with van der Waals surface area (Å²) in [5.74, 6) is 0. The molecule has 0 radical (unpaired) electrons. The zero-order valence-corrected chi connectivity index (χ0v) is 31.0. The number of rotatable bonds is 4. The van der Waals surface area contributed by atoms with Crippen LogP contribution in [0.25, 0.3) is 11.1 Å². The average molecular weight is 739 g/mol. The monoisotopic (exact) mass is 736 g/mol. The van der Waals surface area contributed by atoms with Crippen LogP contribution in [-0.2, 0) is 44.7 Å². The van der Waals surface area contributed by atoms with Gasteiger partial charge in [-0.1, -0.05) is 0 Å². The molecule has 0 aliphatic heterocycles. The van der Waals surface area contributed by atoms with E-state index in [1.165, 1.54) is 48.8 Å². The molecular weight excluding hydrogens is 700 g/mol. The van der Waals surface area contributed by atoms with Crippen LogP contribution >= 0.6 is 0 Å². The van der Waals surface area contributed by atoms with E-state index in [2.05, 4.69) is 108 Å². The van der Waals surface area contributed by atoms with Crippen LogP contribution in [0.4, 0.5) is 13.2 Å².